The van der Waals surface area contributed by atoms with E-state index in [2.05, 4.69) is 21.3 Å². The number of fused-ring (bicyclic) bond motifs is 4. The van der Waals surface area contributed by atoms with E-state index < -0.39 is 11.2 Å². The number of hydrogen-bond donors (Lipinski definition) is 4. The van der Waals surface area contributed by atoms with E-state index in [0.717, 1.165) is 25.7 Å². The summed E-state index contributed by atoms with van der Waals surface area (Å²) in [5, 5.41) is 13.2. The molecule has 0 spiro atoms. The molecule has 0 radical (unpaired) electrons. The number of carbonyl (C=O) groups excluding carboxylic acids is 2. The van der Waals surface area contributed by atoms with Crippen LogP contribution in [0.15, 0.2) is 0 Å². The van der Waals surface area contributed by atoms with E-state index in [1.54, 1.807) is 0 Å². The minimum atomic E-state index is -0.410. The van der Waals surface area contributed by atoms with Crippen LogP contribution in [0.2, 0.25) is 0 Å². The van der Waals surface area contributed by atoms with Crippen molar-refractivity contribution in [2.75, 3.05) is 0 Å². The summed E-state index contributed by atoms with van der Waals surface area (Å²) in [5.74, 6) is 0. The van der Waals surface area contributed by atoms with Gasteiger partial charge in [-0.1, -0.05) is 12.8 Å². The predicted octanol–water partition coefficient (Wildman–Crippen LogP) is 4.37. The number of hydrogen-bond acceptors (Lipinski definition) is 6. The summed E-state index contributed by atoms with van der Waals surface area (Å²) >= 11 is 0. The van der Waals surface area contributed by atoms with Gasteiger partial charge in [-0.15, -0.1) is 0 Å². The smallest absolute Gasteiger partial charge is 0.407 e. The van der Waals surface area contributed by atoms with Crippen molar-refractivity contribution in [2.24, 2.45) is 0 Å². The van der Waals surface area contributed by atoms with Crippen LogP contribution < -0.4 is 21.3 Å². The molecular weight excluding hydrogens is 432 g/mol. The lowest BCUT2D eigenvalue weighted by atomic mass is 9.84. The minimum Gasteiger partial charge on any atom is -0.444 e. The molecule has 6 atom stereocenters. The molecule has 4 saturated heterocycles. The van der Waals surface area contributed by atoms with Gasteiger partial charge in [0.25, 0.3) is 0 Å². The predicted molar refractivity (Wildman–Crippen MR) is 134 cm³/mol. The van der Waals surface area contributed by atoms with Crippen molar-refractivity contribution in [3.8, 4) is 0 Å². The molecule has 4 heterocycles. The SMILES string of the molecule is CC(C)(C)OC(=O)NC1C[C@H]2CCC[C@@H](C1)N2.CC(C)(C)OC(=O)NC1C[C@H]2CCC[C@@H](C1)N2. The highest BCUT2D eigenvalue weighted by Gasteiger charge is 2.33. The number of amides is 2. The van der Waals surface area contributed by atoms with Crippen molar-refractivity contribution >= 4 is 12.2 Å². The van der Waals surface area contributed by atoms with E-state index in [-0.39, 0.29) is 24.3 Å². The van der Waals surface area contributed by atoms with Gasteiger partial charge in [-0.2, -0.15) is 0 Å². The van der Waals surface area contributed by atoms with E-state index in [0.29, 0.717) is 24.2 Å². The normalized spacial score (nSPS) is 33.0. The van der Waals surface area contributed by atoms with Gasteiger partial charge >= 0.3 is 12.2 Å². The largest absolute Gasteiger partial charge is 0.444 e. The van der Waals surface area contributed by atoms with Gasteiger partial charge in [-0.25, -0.2) is 9.59 Å². The van der Waals surface area contributed by atoms with Crippen molar-refractivity contribution in [2.45, 2.75) is 153 Å². The molecule has 0 aliphatic carbocycles. The first-order valence-electron chi connectivity index (χ1n) is 13.4. The van der Waals surface area contributed by atoms with Crippen molar-refractivity contribution < 1.29 is 19.1 Å². The monoisotopic (exact) mass is 480 g/mol. The van der Waals surface area contributed by atoms with Gasteiger partial charge in [0.1, 0.15) is 11.2 Å². The van der Waals surface area contributed by atoms with Crippen LogP contribution in [-0.2, 0) is 9.47 Å². The second kappa shape index (κ2) is 11.5. The molecule has 4 N–H and O–H groups in total. The minimum absolute atomic E-state index is 0.275. The maximum Gasteiger partial charge on any atom is 0.407 e. The first kappa shape index (κ1) is 27.1. The summed E-state index contributed by atoms with van der Waals surface area (Å²) in [4.78, 5) is 23.4. The number of carbonyl (C=O) groups is 2. The number of alkyl carbamates (subject to hydrolysis) is 2. The Morgan fingerprint density at radius 2 is 0.912 bits per heavy atom. The molecule has 4 bridgehead atoms. The van der Waals surface area contributed by atoms with Crippen LogP contribution in [0.25, 0.3) is 0 Å². The van der Waals surface area contributed by atoms with Gasteiger partial charge in [0.05, 0.1) is 0 Å². The molecule has 34 heavy (non-hydrogen) atoms. The van der Waals surface area contributed by atoms with Crippen LogP contribution in [0, 0.1) is 0 Å². The topological polar surface area (TPSA) is 101 Å². The van der Waals surface area contributed by atoms with Crippen molar-refractivity contribution in [3.05, 3.63) is 0 Å². The second-order valence-corrected chi connectivity index (χ2v) is 12.6. The first-order valence-corrected chi connectivity index (χ1v) is 13.4. The van der Waals surface area contributed by atoms with Crippen LogP contribution >= 0.6 is 0 Å². The maximum atomic E-state index is 11.7. The molecule has 8 heteroatoms. The third-order valence-corrected chi connectivity index (χ3v) is 6.87. The molecular formula is C26H48N4O4. The van der Waals surface area contributed by atoms with Crippen molar-refractivity contribution in [3.63, 3.8) is 0 Å². The lowest BCUT2D eigenvalue weighted by Gasteiger charge is -2.40. The zero-order valence-corrected chi connectivity index (χ0v) is 22.2. The highest BCUT2D eigenvalue weighted by atomic mass is 16.6. The highest BCUT2D eigenvalue weighted by Crippen LogP contribution is 2.27. The Kier molecular flexibility index (Phi) is 9.12. The van der Waals surface area contributed by atoms with E-state index in [4.69, 9.17) is 9.47 Å². The standard InChI is InChI=1S/2C13H24N2O2/c2*1-13(2,3)17-12(16)15-11-7-9-5-4-6-10(8-11)14-9/h2*9-11,14H,4-8H2,1-3H3,(H,15,16)/t2*9-,10+,11?. The molecule has 0 aromatic heterocycles. The van der Waals surface area contributed by atoms with Crippen LogP contribution in [0.1, 0.15) is 106 Å². The van der Waals surface area contributed by atoms with Gasteiger partial charge in [0.15, 0.2) is 0 Å². The first-order chi connectivity index (χ1) is 15.8. The average Bonchev–Trinajstić information content (AvgIpc) is 2.64. The summed E-state index contributed by atoms with van der Waals surface area (Å²) in [7, 11) is 0. The Morgan fingerprint density at radius 3 is 1.18 bits per heavy atom. The third-order valence-electron chi connectivity index (χ3n) is 6.87. The van der Waals surface area contributed by atoms with Crippen LogP contribution in [0.3, 0.4) is 0 Å². The fourth-order valence-corrected chi connectivity index (χ4v) is 5.72. The van der Waals surface area contributed by atoms with Crippen LogP contribution in [-0.4, -0.2) is 59.6 Å². The van der Waals surface area contributed by atoms with Gasteiger partial charge in [-0.05, 0) is 92.9 Å². The van der Waals surface area contributed by atoms with Gasteiger partial charge in [-0.3, -0.25) is 0 Å². The Balaban J connectivity index is 0.000000191. The van der Waals surface area contributed by atoms with Crippen LogP contribution in [0.5, 0.6) is 0 Å². The molecule has 2 unspecified atom stereocenters. The Morgan fingerprint density at radius 1 is 0.618 bits per heavy atom. The van der Waals surface area contributed by atoms with E-state index >= 15 is 0 Å². The molecule has 4 aliphatic rings. The summed E-state index contributed by atoms with van der Waals surface area (Å²) in [6.07, 6.45) is 11.2. The summed E-state index contributed by atoms with van der Waals surface area (Å²) in [6, 6.07) is 2.90. The summed E-state index contributed by atoms with van der Waals surface area (Å²) in [6.45, 7) is 11.4. The fraction of sp³-hybridized carbons (Fsp3) is 0.923. The summed E-state index contributed by atoms with van der Waals surface area (Å²) < 4.78 is 10.6. The average molecular weight is 481 g/mol. The fourth-order valence-electron chi connectivity index (χ4n) is 5.72. The zero-order valence-electron chi connectivity index (χ0n) is 22.2. The van der Waals surface area contributed by atoms with E-state index in [1.165, 1.54) is 38.5 Å². The number of nitrogens with one attached hydrogen (secondary N) is 4. The molecule has 4 rings (SSSR count). The number of rotatable bonds is 2. The lowest BCUT2D eigenvalue weighted by Crippen LogP contribution is -2.55. The quantitative estimate of drug-likeness (QED) is 0.468. The van der Waals surface area contributed by atoms with Crippen molar-refractivity contribution in [1.82, 2.24) is 21.3 Å². The Bertz CT molecular complexity index is 605. The Labute approximate surface area is 206 Å². The highest BCUT2D eigenvalue weighted by molar-refractivity contribution is 5.68. The van der Waals surface area contributed by atoms with Gasteiger partial charge in [0.2, 0.25) is 0 Å². The lowest BCUT2D eigenvalue weighted by molar-refractivity contribution is 0.0462. The molecule has 0 aromatic rings. The van der Waals surface area contributed by atoms with Gasteiger partial charge < -0.3 is 30.7 Å². The molecule has 0 saturated carbocycles. The summed E-state index contributed by atoms with van der Waals surface area (Å²) in [5.41, 5.74) is -0.820. The Hall–Kier alpha value is -1.54. The number of ether oxygens (including phenoxy) is 2. The zero-order chi connectivity index (χ0) is 24.9. The molecule has 0 aromatic carbocycles. The molecule has 196 valence electrons. The maximum absolute atomic E-state index is 11.7. The molecule has 4 aliphatic heterocycles. The molecule has 4 fully saturated rings. The molecule has 2 amide bonds. The molecule has 8 nitrogen and oxygen atoms in total. The number of piperidine rings is 4. The third kappa shape index (κ3) is 9.61. The second-order valence-electron chi connectivity index (χ2n) is 12.6. The van der Waals surface area contributed by atoms with Crippen LogP contribution in [0.4, 0.5) is 9.59 Å². The van der Waals surface area contributed by atoms with Gasteiger partial charge in [0, 0.05) is 36.3 Å². The van der Waals surface area contributed by atoms with E-state index in [9.17, 15) is 9.59 Å². The van der Waals surface area contributed by atoms with E-state index in [1.807, 2.05) is 41.5 Å². The van der Waals surface area contributed by atoms with Crippen molar-refractivity contribution in [1.29, 1.82) is 0 Å².